The predicted molar refractivity (Wildman–Crippen MR) is 61.5 cm³/mol. The molecule has 0 radical (unpaired) electrons. The number of non-ortho nitro benzene ring substituents is 1. The van der Waals surface area contributed by atoms with Crippen LogP contribution in [0.25, 0.3) is 0 Å². The van der Waals surface area contributed by atoms with Crippen LogP contribution in [0.2, 0.25) is 0 Å². The van der Waals surface area contributed by atoms with Crippen molar-refractivity contribution in [1.82, 2.24) is 0 Å². The van der Waals surface area contributed by atoms with E-state index >= 15 is 0 Å². The van der Waals surface area contributed by atoms with Crippen molar-refractivity contribution < 1.29 is 14.8 Å². The highest BCUT2D eigenvalue weighted by Crippen LogP contribution is 2.17. The van der Waals surface area contributed by atoms with Gasteiger partial charge in [-0.15, -0.1) is 0 Å². The summed E-state index contributed by atoms with van der Waals surface area (Å²) in [7, 11) is 0. The van der Waals surface area contributed by atoms with Gasteiger partial charge in [0.05, 0.1) is 11.3 Å². The van der Waals surface area contributed by atoms with Crippen LogP contribution >= 0.6 is 11.8 Å². The largest absolute Gasteiger partial charge is 0.481 e. The summed E-state index contributed by atoms with van der Waals surface area (Å²) in [6, 6.07) is 6.28. The van der Waals surface area contributed by atoms with Gasteiger partial charge in [-0.2, -0.15) is 11.8 Å². The van der Waals surface area contributed by atoms with Crippen molar-refractivity contribution in [2.45, 2.75) is 12.2 Å². The van der Waals surface area contributed by atoms with Gasteiger partial charge in [-0.1, -0.05) is 12.1 Å². The number of hydrogen-bond donors (Lipinski definition) is 1. The molecule has 6 heteroatoms. The maximum absolute atomic E-state index is 10.4. The Bertz CT molecular complexity index is 377. The number of carboxylic acid groups (broad SMARTS) is 1. The first kappa shape index (κ1) is 12.5. The standard InChI is InChI=1S/C10H11NO4S/c12-10(13)5-6-16-7-8-1-3-9(4-2-8)11(14)15/h1-4H,5-7H2,(H,12,13). The van der Waals surface area contributed by atoms with Gasteiger partial charge < -0.3 is 5.11 Å². The molecule has 0 amide bonds. The Kier molecular flexibility index (Phi) is 4.78. The summed E-state index contributed by atoms with van der Waals surface area (Å²) in [5.41, 5.74) is 1.03. The quantitative estimate of drug-likeness (QED) is 0.469. The molecule has 1 N–H and O–H groups in total. The van der Waals surface area contributed by atoms with Crippen LogP contribution in [0.15, 0.2) is 24.3 Å². The van der Waals surface area contributed by atoms with E-state index in [2.05, 4.69) is 0 Å². The minimum atomic E-state index is -0.809. The number of carboxylic acids is 1. The third-order valence-electron chi connectivity index (χ3n) is 1.88. The number of benzene rings is 1. The Morgan fingerprint density at radius 3 is 2.50 bits per heavy atom. The average Bonchev–Trinajstić information content (AvgIpc) is 2.25. The second-order valence-electron chi connectivity index (χ2n) is 3.12. The minimum absolute atomic E-state index is 0.0688. The van der Waals surface area contributed by atoms with Gasteiger partial charge in [0.1, 0.15) is 0 Å². The Labute approximate surface area is 96.6 Å². The van der Waals surface area contributed by atoms with Crippen LogP contribution in [0.4, 0.5) is 5.69 Å². The second-order valence-corrected chi connectivity index (χ2v) is 4.23. The molecule has 5 nitrogen and oxygen atoms in total. The van der Waals surface area contributed by atoms with E-state index in [1.165, 1.54) is 23.9 Å². The van der Waals surface area contributed by atoms with Gasteiger partial charge in [-0.05, 0) is 5.56 Å². The molecular formula is C10H11NO4S. The third-order valence-corrected chi connectivity index (χ3v) is 2.91. The molecule has 0 spiro atoms. The maximum atomic E-state index is 10.4. The number of thioether (sulfide) groups is 1. The van der Waals surface area contributed by atoms with Crippen molar-refractivity contribution in [3.8, 4) is 0 Å². The fraction of sp³-hybridized carbons (Fsp3) is 0.300. The van der Waals surface area contributed by atoms with Crippen LogP contribution in [-0.2, 0) is 10.5 Å². The summed E-state index contributed by atoms with van der Waals surface area (Å²) < 4.78 is 0. The van der Waals surface area contributed by atoms with E-state index in [1.807, 2.05) is 0 Å². The molecule has 0 aliphatic rings. The Balaban J connectivity index is 2.38. The highest BCUT2D eigenvalue weighted by atomic mass is 32.2. The van der Waals surface area contributed by atoms with Gasteiger partial charge in [0.2, 0.25) is 0 Å². The van der Waals surface area contributed by atoms with E-state index in [4.69, 9.17) is 5.11 Å². The average molecular weight is 241 g/mol. The van der Waals surface area contributed by atoms with Gasteiger partial charge in [0.15, 0.2) is 0 Å². The van der Waals surface area contributed by atoms with E-state index in [0.29, 0.717) is 11.5 Å². The predicted octanol–water partition coefficient (Wildman–Crippen LogP) is 2.30. The van der Waals surface area contributed by atoms with Crippen LogP contribution in [0.1, 0.15) is 12.0 Å². The summed E-state index contributed by atoms with van der Waals surface area (Å²) >= 11 is 1.50. The van der Waals surface area contributed by atoms with Crippen molar-refractivity contribution in [2.24, 2.45) is 0 Å². The normalized spacial score (nSPS) is 10.0. The summed E-state index contributed by atoms with van der Waals surface area (Å²) in [5, 5.41) is 18.8. The van der Waals surface area contributed by atoms with E-state index < -0.39 is 10.9 Å². The molecule has 0 bridgehead atoms. The van der Waals surface area contributed by atoms with Crippen LogP contribution in [0.3, 0.4) is 0 Å². The first-order valence-electron chi connectivity index (χ1n) is 4.62. The van der Waals surface area contributed by atoms with Crippen LogP contribution in [0.5, 0.6) is 0 Å². The topological polar surface area (TPSA) is 80.4 Å². The lowest BCUT2D eigenvalue weighted by Gasteiger charge is -2.00. The van der Waals surface area contributed by atoms with Gasteiger partial charge in [-0.3, -0.25) is 14.9 Å². The number of carbonyl (C=O) groups is 1. The molecule has 0 saturated heterocycles. The van der Waals surface area contributed by atoms with Gasteiger partial charge >= 0.3 is 5.97 Å². The summed E-state index contributed by atoms with van der Waals surface area (Å²) in [4.78, 5) is 20.2. The van der Waals surface area contributed by atoms with Crippen molar-refractivity contribution in [1.29, 1.82) is 0 Å². The zero-order valence-corrected chi connectivity index (χ0v) is 9.27. The SMILES string of the molecule is O=C(O)CCSCc1ccc([N+](=O)[O-])cc1. The number of aliphatic carboxylic acids is 1. The molecule has 0 aliphatic carbocycles. The summed E-state index contributed by atoms with van der Waals surface area (Å²) in [5.74, 6) is 0.411. The Morgan fingerprint density at radius 2 is 2.00 bits per heavy atom. The first-order valence-corrected chi connectivity index (χ1v) is 5.78. The van der Waals surface area contributed by atoms with Crippen molar-refractivity contribution in [3.05, 3.63) is 39.9 Å². The molecule has 0 aliphatic heterocycles. The van der Waals surface area contributed by atoms with Crippen molar-refractivity contribution in [2.75, 3.05) is 5.75 Å². The van der Waals surface area contributed by atoms with Gasteiger partial charge in [0, 0.05) is 23.6 Å². The highest BCUT2D eigenvalue weighted by Gasteiger charge is 2.04. The number of nitrogens with zero attached hydrogens (tertiary/aromatic N) is 1. The van der Waals surface area contributed by atoms with E-state index in [1.54, 1.807) is 12.1 Å². The fourth-order valence-corrected chi connectivity index (χ4v) is 1.95. The Morgan fingerprint density at radius 1 is 1.38 bits per heavy atom. The molecule has 0 heterocycles. The molecule has 0 atom stereocenters. The van der Waals surface area contributed by atoms with Crippen LogP contribution in [-0.4, -0.2) is 21.8 Å². The number of nitro groups is 1. The number of rotatable bonds is 6. The summed E-state index contributed by atoms with van der Waals surface area (Å²) in [6.45, 7) is 0. The molecular weight excluding hydrogens is 230 g/mol. The molecule has 86 valence electrons. The van der Waals surface area contributed by atoms with Gasteiger partial charge in [0.25, 0.3) is 5.69 Å². The monoisotopic (exact) mass is 241 g/mol. The maximum Gasteiger partial charge on any atom is 0.304 e. The lowest BCUT2D eigenvalue weighted by Crippen LogP contribution is -1.96. The lowest BCUT2D eigenvalue weighted by molar-refractivity contribution is -0.384. The van der Waals surface area contributed by atoms with E-state index in [-0.39, 0.29) is 12.1 Å². The second kappa shape index (κ2) is 6.12. The van der Waals surface area contributed by atoms with Crippen LogP contribution in [0, 0.1) is 10.1 Å². The highest BCUT2D eigenvalue weighted by molar-refractivity contribution is 7.98. The van der Waals surface area contributed by atoms with Crippen molar-refractivity contribution >= 4 is 23.4 Å². The van der Waals surface area contributed by atoms with Gasteiger partial charge in [-0.25, -0.2) is 0 Å². The zero-order chi connectivity index (χ0) is 12.0. The number of hydrogen-bond acceptors (Lipinski definition) is 4. The third kappa shape index (κ3) is 4.31. The molecule has 1 aromatic rings. The zero-order valence-electron chi connectivity index (χ0n) is 8.46. The molecule has 16 heavy (non-hydrogen) atoms. The number of nitro benzene ring substituents is 1. The molecule has 1 rings (SSSR count). The fourth-order valence-electron chi connectivity index (χ4n) is 1.06. The van der Waals surface area contributed by atoms with E-state index in [0.717, 1.165) is 5.56 Å². The smallest absolute Gasteiger partial charge is 0.304 e. The molecule has 1 aromatic carbocycles. The lowest BCUT2D eigenvalue weighted by atomic mass is 10.2. The van der Waals surface area contributed by atoms with Crippen LogP contribution < -0.4 is 0 Å². The summed E-state index contributed by atoms with van der Waals surface area (Å²) in [6.07, 6.45) is 0.137. The van der Waals surface area contributed by atoms with E-state index in [9.17, 15) is 14.9 Å². The first-order chi connectivity index (χ1) is 7.59. The molecule has 0 unspecified atom stereocenters. The molecule has 0 saturated carbocycles. The Hall–Kier alpha value is -1.56. The molecule has 0 fully saturated rings. The van der Waals surface area contributed by atoms with Crippen molar-refractivity contribution in [3.63, 3.8) is 0 Å². The minimum Gasteiger partial charge on any atom is -0.481 e. The molecule has 0 aromatic heterocycles.